The number of hydrogen-bond donors (Lipinski definition) is 2. The van der Waals surface area contributed by atoms with Crippen molar-refractivity contribution in [3.05, 3.63) is 22.4 Å². The predicted molar refractivity (Wildman–Crippen MR) is 62.1 cm³/mol. The van der Waals surface area contributed by atoms with E-state index in [1.807, 2.05) is 0 Å². The van der Waals surface area contributed by atoms with Crippen molar-refractivity contribution in [2.24, 2.45) is 0 Å². The molecule has 0 saturated heterocycles. The van der Waals surface area contributed by atoms with Crippen LogP contribution < -0.4 is 5.69 Å². The van der Waals surface area contributed by atoms with Gasteiger partial charge < -0.3 is 19.6 Å². The number of carbonyl (C=O) groups excluding carboxylic acids is 2. The summed E-state index contributed by atoms with van der Waals surface area (Å²) >= 11 is 0. The Morgan fingerprint density at radius 2 is 2.22 bits per heavy atom. The monoisotopic (exact) mass is 253 g/mol. The second kappa shape index (κ2) is 5.07. The highest BCUT2D eigenvalue weighted by molar-refractivity contribution is 5.94. The summed E-state index contributed by atoms with van der Waals surface area (Å²) in [4.78, 5) is 40.7. The predicted octanol–water partition coefficient (Wildman–Crippen LogP) is -0.129. The fraction of sp³-hybridized carbons (Fsp3) is 0.545. The Morgan fingerprint density at radius 1 is 1.50 bits per heavy atom. The lowest BCUT2D eigenvalue weighted by Crippen LogP contribution is -2.38. The van der Waals surface area contributed by atoms with Gasteiger partial charge in [-0.3, -0.25) is 9.59 Å². The molecule has 7 heteroatoms. The average Bonchev–Trinajstić information content (AvgIpc) is 3.08. The molecule has 7 nitrogen and oxygen atoms in total. The lowest BCUT2D eigenvalue weighted by atomic mass is 10.3. The Labute approximate surface area is 103 Å². The smallest absolute Gasteiger partial charge is 0.325 e. The molecule has 1 aromatic heterocycles. The van der Waals surface area contributed by atoms with Crippen LogP contribution in [-0.4, -0.2) is 45.9 Å². The van der Waals surface area contributed by atoms with Crippen LogP contribution in [0.15, 0.2) is 11.0 Å². The number of imidazole rings is 1. The zero-order valence-electron chi connectivity index (χ0n) is 10.1. The van der Waals surface area contributed by atoms with Crippen molar-refractivity contribution in [1.82, 2.24) is 14.9 Å². The number of ether oxygens (including phenoxy) is 1. The van der Waals surface area contributed by atoms with Crippen LogP contribution in [-0.2, 0) is 9.53 Å². The van der Waals surface area contributed by atoms with E-state index in [9.17, 15) is 14.4 Å². The molecule has 0 bridgehead atoms. The molecule has 2 rings (SSSR count). The lowest BCUT2D eigenvalue weighted by Gasteiger charge is -2.20. The van der Waals surface area contributed by atoms with E-state index in [0.717, 1.165) is 12.8 Å². The first-order chi connectivity index (χ1) is 8.61. The van der Waals surface area contributed by atoms with E-state index in [1.165, 1.54) is 11.1 Å². The van der Waals surface area contributed by atoms with E-state index in [-0.39, 0.29) is 30.8 Å². The van der Waals surface area contributed by atoms with Crippen molar-refractivity contribution >= 4 is 11.9 Å². The molecule has 0 radical (unpaired) electrons. The minimum absolute atomic E-state index is 0.0697. The molecule has 1 aliphatic rings. The van der Waals surface area contributed by atoms with Gasteiger partial charge in [0.25, 0.3) is 5.91 Å². The Kier molecular flexibility index (Phi) is 3.50. The van der Waals surface area contributed by atoms with Crippen LogP contribution in [0.5, 0.6) is 0 Å². The second-order valence-corrected chi connectivity index (χ2v) is 4.13. The Morgan fingerprint density at radius 3 is 2.72 bits per heavy atom. The van der Waals surface area contributed by atoms with Gasteiger partial charge in [-0.25, -0.2) is 4.79 Å². The Bertz CT molecular complexity index is 500. The topological polar surface area (TPSA) is 95.3 Å². The van der Waals surface area contributed by atoms with Crippen molar-refractivity contribution in [3.63, 3.8) is 0 Å². The van der Waals surface area contributed by atoms with Crippen LogP contribution in [0.2, 0.25) is 0 Å². The molecule has 1 amide bonds. The maximum absolute atomic E-state index is 12.1. The van der Waals surface area contributed by atoms with E-state index in [0.29, 0.717) is 0 Å². The minimum atomic E-state index is -0.440. The summed E-state index contributed by atoms with van der Waals surface area (Å²) < 4.78 is 4.83. The summed E-state index contributed by atoms with van der Waals surface area (Å²) in [6.45, 7) is 1.92. The van der Waals surface area contributed by atoms with Gasteiger partial charge in [0.1, 0.15) is 12.2 Å². The van der Waals surface area contributed by atoms with Crippen LogP contribution in [0.3, 0.4) is 0 Å². The maximum atomic E-state index is 12.1. The van der Waals surface area contributed by atoms with Gasteiger partial charge in [0.2, 0.25) is 0 Å². The van der Waals surface area contributed by atoms with E-state index >= 15 is 0 Å². The number of rotatable bonds is 5. The number of aromatic amines is 2. The van der Waals surface area contributed by atoms with Gasteiger partial charge in [-0.1, -0.05) is 0 Å². The van der Waals surface area contributed by atoms with E-state index in [1.54, 1.807) is 6.92 Å². The van der Waals surface area contributed by atoms with Gasteiger partial charge >= 0.3 is 11.7 Å². The van der Waals surface area contributed by atoms with Crippen LogP contribution >= 0.6 is 0 Å². The zero-order valence-corrected chi connectivity index (χ0v) is 10.1. The number of esters is 1. The zero-order chi connectivity index (χ0) is 13.1. The lowest BCUT2D eigenvalue weighted by molar-refractivity contribution is -0.144. The summed E-state index contributed by atoms with van der Waals surface area (Å²) in [5, 5.41) is 0. The van der Waals surface area contributed by atoms with Gasteiger partial charge in [0.15, 0.2) is 0 Å². The van der Waals surface area contributed by atoms with E-state index < -0.39 is 11.7 Å². The van der Waals surface area contributed by atoms with Crippen LogP contribution in [0.1, 0.15) is 30.3 Å². The summed E-state index contributed by atoms with van der Waals surface area (Å²) in [5.41, 5.74) is -0.276. The molecule has 0 unspecified atom stereocenters. The second-order valence-electron chi connectivity index (χ2n) is 4.13. The number of hydrogen-bond acceptors (Lipinski definition) is 4. The molecule has 0 atom stereocenters. The molecule has 1 aliphatic carbocycles. The van der Waals surface area contributed by atoms with Crippen molar-refractivity contribution in [3.8, 4) is 0 Å². The third-order valence-electron chi connectivity index (χ3n) is 2.68. The molecule has 1 heterocycles. The van der Waals surface area contributed by atoms with Crippen molar-refractivity contribution in [2.75, 3.05) is 13.2 Å². The van der Waals surface area contributed by atoms with Gasteiger partial charge in [-0.15, -0.1) is 0 Å². The Hall–Kier alpha value is -2.05. The largest absolute Gasteiger partial charge is 0.465 e. The number of amides is 1. The van der Waals surface area contributed by atoms with Gasteiger partial charge in [-0.05, 0) is 19.8 Å². The first-order valence-electron chi connectivity index (χ1n) is 5.86. The molecule has 2 N–H and O–H groups in total. The quantitative estimate of drug-likeness (QED) is 0.714. The summed E-state index contributed by atoms with van der Waals surface area (Å²) in [7, 11) is 0. The van der Waals surface area contributed by atoms with Crippen molar-refractivity contribution in [1.29, 1.82) is 0 Å². The summed E-state index contributed by atoms with van der Waals surface area (Å²) in [6.07, 6.45) is 3.06. The SMILES string of the molecule is CCOC(=O)CN(C(=O)c1c[nH]c(=O)[nH]1)C1CC1. The minimum Gasteiger partial charge on any atom is -0.465 e. The number of aromatic nitrogens is 2. The standard InChI is InChI=1S/C11H15N3O4/c1-2-18-9(15)6-14(7-3-4-7)10(16)8-5-12-11(17)13-8/h5,7H,2-4,6H2,1H3,(H2,12,13,17). The van der Waals surface area contributed by atoms with Crippen LogP contribution in [0.4, 0.5) is 0 Å². The molecule has 0 aliphatic heterocycles. The highest BCUT2D eigenvalue weighted by atomic mass is 16.5. The molecule has 18 heavy (non-hydrogen) atoms. The van der Waals surface area contributed by atoms with Gasteiger partial charge in [0.05, 0.1) is 6.61 Å². The fourth-order valence-electron chi connectivity index (χ4n) is 1.70. The van der Waals surface area contributed by atoms with Crippen LogP contribution in [0.25, 0.3) is 0 Å². The molecule has 0 aromatic carbocycles. The molecule has 1 fully saturated rings. The first-order valence-corrected chi connectivity index (χ1v) is 5.86. The van der Waals surface area contributed by atoms with Gasteiger partial charge in [-0.2, -0.15) is 0 Å². The highest BCUT2D eigenvalue weighted by Crippen LogP contribution is 2.27. The number of nitrogens with one attached hydrogen (secondary N) is 2. The molecular formula is C11H15N3O4. The third-order valence-corrected chi connectivity index (χ3v) is 2.68. The average molecular weight is 253 g/mol. The molecule has 1 aromatic rings. The number of nitrogens with zero attached hydrogens (tertiary/aromatic N) is 1. The van der Waals surface area contributed by atoms with E-state index in [2.05, 4.69) is 9.97 Å². The molecule has 98 valence electrons. The summed E-state index contributed by atoms with van der Waals surface area (Å²) in [6, 6.07) is 0.0697. The molecular weight excluding hydrogens is 238 g/mol. The normalized spacial score (nSPS) is 14.3. The third kappa shape index (κ3) is 2.79. The highest BCUT2D eigenvalue weighted by Gasteiger charge is 2.35. The summed E-state index contributed by atoms with van der Waals surface area (Å²) in [5.74, 6) is -0.792. The molecule has 0 spiro atoms. The van der Waals surface area contributed by atoms with Crippen molar-refractivity contribution < 1.29 is 14.3 Å². The van der Waals surface area contributed by atoms with Crippen LogP contribution in [0, 0.1) is 0 Å². The Balaban J connectivity index is 2.08. The van der Waals surface area contributed by atoms with Crippen molar-refractivity contribution in [2.45, 2.75) is 25.8 Å². The number of carbonyl (C=O) groups is 2. The maximum Gasteiger partial charge on any atom is 0.325 e. The van der Waals surface area contributed by atoms with Gasteiger partial charge in [0, 0.05) is 12.2 Å². The first kappa shape index (κ1) is 12.4. The fourth-order valence-corrected chi connectivity index (χ4v) is 1.70. The molecule has 1 saturated carbocycles. The van der Waals surface area contributed by atoms with E-state index in [4.69, 9.17) is 4.74 Å². The number of H-pyrrole nitrogens is 2.